The minimum atomic E-state index is -0.822. The molecule has 0 unspecified atom stereocenters. The largest absolute Gasteiger partial charge is 0.304 e. The lowest BCUT2D eigenvalue weighted by Crippen LogP contribution is -1.86. The van der Waals surface area contributed by atoms with Gasteiger partial charge in [-0.15, -0.1) is 11.8 Å². The van der Waals surface area contributed by atoms with Gasteiger partial charge in [-0.2, -0.15) is 0 Å². The molecular weight excluding hydrogens is 278 g/mol. The van der Waals surface area contributed by atoms with E-state index in [2.05, 4.69) is 4.98 Å². The summed E-state index contributed by atoms with van der Waals surface area (Å²) in [6.45, 7) is 2.01. The van der Waals surface area contributed by atoms with Crippen molar-refractivity contribution in [2.75, 3.05) is 0 Å². The summed E-state index contributed by atoms with van der Waals surface area (Å²) in [5.74, 6) is -1.02. The molecule has 3 rings (SSSR count). The summed E-state index contributed by atoms with van der Waals surface area (Å²) in [7, 11) is 0. The van der Waals surface area contributed by atoms with E-state index in [1.54, 1.807) is 6.07 Å². The maximum absolute atomic E-state index is 13.1. The molecular formula is C15H12F2N2S. The molecule has 20 heavy (non-hydrogen) atoms. The summed E-state index contributed by atoms with van der Waals surface area (Å²) >= 11 is 1.43. The highest BCUT2D eigenvalue weighted by Crippen LogP contribution is 2.24. The van der Waals surface area contributed by atoms with E-state index in [4.69, 9.17) is 0 Å². The predicted octanol–water partition coefficient (Wildman–Crippen LogP) is 4.21. The molecule has 0 spiro atoms. The first-order valence-corrected chi connectivity index (χ1v) is 7.13. The number of fused-ring (bicyclic) bond motifs is 1. The third-order valence-corrected chi connectivity index (χ3v) is 4.05. The summed E-state index contributed by atoms with van der Waals surface area (Å²) in [5.41, 5.74) is 2.92. The van der Waals surface area contributed by atoms with Crippen LogP contribution in [0.2, 0.25) is 0 Å². The summed E-state index contributed by atoms with van der Waals surface area (Å²) in [5, 5.41) is 0. The highest BCUT2D eigenvalue weighted by molar-refractivity contribution is 7.98. The Bertz CT molecular complexity index is 768. The fourth-order valence-corrected chi connectivity index (χ4v) is 2.80. The number of aryl methyl sites for hydroxylation is 1. The Morgan fingerprint density at radius 3 is 2.75 bits per heavy atom. The van der Waals surface area contributed by atoms with Gasteiger partial charge in [0.15, 0.2) is 11.6 Å². The zero-order valence-electron chi connectivity index (χ0n) is 10.8. The normalized spacial score (nSPS) is 11.2. The first-order valence-electron chi connectivity index (χ1n) is 6.15. The van der Waals surface area contributed by atoms with E-state index in [1.165, 1.54) is 17.8 Å². The van der Waals surface area contributed by atoms with Crippen LogP contribution in [0.1, 0.15) is 11.4 Å². The van der Waals surface area contributed by atoms with Gasteiger partial charge in [-0.3, -0.25) is 0 Å². The lowest BCUT2D eigenvalue weighted by Gasteiger charge is -2.00. The van der Waals surface area contributed by atoms with Gasteiger partial charge in [-0.25, -0.2) is 13.8 Å². The fraction of sp³-hybridized carbons (Fsp3) is 0.133. The average Bonchev–Trinajstić information content (AvgIpc) is 2.85. The summed E-state index contributed by atoms with van der Waals surface area (Å²) < 4.78 is 28.0. The molecule has 102 valence electrons. The smallest absolute Gasteiger partial charge is 0.159 e. The summed E-state index contributed by atoms with van der Waals surface area (Å²) in [6, 6.07) is 9.85. The standard InChI is InChI=1S/C15H12F2N2S/c1-10-3-2-4-15-18-11(8-19(10)15)9-20-12-5-6-13(16)14(17)7-12/h2-8H,9H2,1H3. The van der Waals surface area contributed by atoms with E-state index in [9.17, 15) is 8.78 Å². The van der Waals surface area contributed by atoms with Gasteiger partial charge in [0.25, 0.3) is 0 Å². The second kappa shape index (κ2) is 5.25. The number of benzene rings is 1. The van der Waals surface area contributed by atoms with Gasteiger partial charge >= 0.3 is 0 Å². The lowest BCUT2D eigenvalue weighted by molar-refractivity contribution is 0.506. The minimum absolute atomic E-state index is 0.617. The van der Waals surface area contributed by atoms with Crippen LogP contribution in [0.25, 0.3) is 5.65 Å². The molecule has 3 aromatic rings. The maximum Gasteiger partial charge on any atom is 0.159 e. The van der Waals surface area contributed by atoms with Crippen molar-refractivity contribution in [2.45, 2.75) is 17.6 Å². The van der Waals surface area contributed by atoms with Crippen molar-refractivity contribution in [3.05, 3.63) is 65.6 Å². The Kier molecular flexibility index (Phi) is 3.44. The number of hydrogen-bond donors (Lipinski definition) is 0. The Morgan fingerprint density at radius 2 is 2.00 bits per heavy atom. The van der Waals surface area contributed by atoms with Crippen LogP contribution in [0.4, 0.5) is 8.78 Å². The van der Waals surface area contributed by atoms with Gasteiger partial charge < -0.3 is 4.40 Å². The number of rotatable bonds is 3. The third-order valence-electron chi connectivity index (χ3n) is 3.02. The van der Waals surface area contributed by atoms with Crippen LogP contribution in [0, 0.1) is 18.6 Å². The van der Waals surface area contributed by atoms with Crippen LogP contribution in [0.5, 0.6) is 0 Å². The zero-order chi connectivity index (χ0) is 14.1. The molecule has 0 aliphatic rings. The molecule has 0 aliphatic carbocycles. The van der Waals surface area contributed by atoms with E-state index in [1.807, 2.05) is 35.7 Å². The summed E-state index contributed by atoms with van der Waals surface area (Å²) in [6.07, 6.45) is 1.97. The molecule has 0 radical (unpaired) electrons. The second-order valence-electron chi connectivity index (χ2n) is 4.49. The molecule has 0 saturated carbocycles. The van der Waals surface area contributed by atoms with Crippen molar-refractivity contribution in [3.8, 4) is 0 Å². The van der Waals surface area contributed by atoms with Crippen LogP contribution < -0.4 is 0 Å². The number of aromatic nitrogens is 2. The third kappa shape index (κ3) is 2.54. The Morgan fingerprint density at radius 1 is 1.15 bits per heavy atom. The molecule has 0 aliphatic heterocycles. The Labute approximate surface area is 119 Å². The van der Waals surface area contributed by atoms with E-state index < -0.39 is 11.6 Å². The number of thioether (sulfide) groups is 1. The van der Waals surface area contributed by atoms with Crippen molar-refractivity contribution in [1.29, 1.82) is 0 Å². The van der Waals surface area contributed by atoms with Gasteiger partial charge in [0.2, 0.25) is 0 Å². The van der Waals surface area contributed by atoms with Crippen LogP contribution >= 0.6 is 11.8 Å². The molecule has 0 N–H and O–H groups in total. The predicted molar refractivity (Wildman–Crippen MR) is 75.8 cm³/mol. The van der Waals surface area contributed by atoms with Gasteiger partial charge in [0.05, 0.1) is 5.69 Å². The van der Waals surface area contributed by atoms with Gasteiger partial charge in [-0.1, -0.05) is 6.07 Å². The van der Waals surface area contributed by atoms with Crippen molar-refractivity contribution < 1.29 is 8.78 Å². The highest BCUT2D eigenvalue weighted by Gasteiger charge is 2.06. The molecule has 1 aromatic carbocycles. The molecule has 0 bridgehead atoms. The average molecular weight is 290 g/mol. The van der Waals surface area contributed by atoms with E-state index in [0.29, 0.717) is 10.6 Å². The van der Waals surface area contributed by atoms with Gasteiger partial charge in [0.1, 0.15) is 5.65 Å². The number of imidazole rings is 1. The monoisotopic (exact) mass is 290 g/mol. The van der Waals surface area contributed by atoms with Crippen LogP contribution in [0.15, 0.2) is 47.5 Å². The molecule has 0 atom stereocenters. The zero-order valence-corrected chi connectivity index (χ0v) is 11.6. The Hall–Kier alpha value is -1.88. The number of pyridine rings is 1. The number of hydrogen-bond acceptors (Lipinski definition) is 2. The summed E-state index contributed by atoms with van der Waals surface area (Å²) in [4.78, 5) is 5.20. The van der Waals surface area contributed by atoms with Crippen LogP contribution in [0.3, 0.4) is 0 Å². The lowest BCUT2D eigenvalue weighted by atomic mass is 10.3. The topological polar surface area (TPSA) is 17.3 Å². The molecule has 2 nitrogen and oxygen atoms in total. The molecule has 0 amide bonds. The first-order chi connectivity index (χ1) is 9.63. The second-order valence-corrected chi connectivity index (χ2v) is 5.54. The van der Waals surface area contributed by atoms with E-state index in [0.717, 1.165) is 23.1 Å². The molecule has 0 fully saturated rings. The van der Waals surface area contributed by atoms with E-state index in [-0.39, 0.29) is 0 Å². The number of halogens is 2. The fourth-order valence-electron chi connectivity index (χ4n) is 1.99. The SMILES string of the molecule is Cc1cccc2nc(CSc3ccc(F)c(F)c3)cn12. The quantitative estimate of drug-likeness (QED) is 0.672. The van der Waals surface area contributed by atoms with Crippen LogP contribution in [-0.2, 0) is 5.75 Å². The van der Waals surface area contributed by atoms with Crippen LogP contribution in [-0.4, -0.2) is 9.38 Å². The van der Waals surface area contributed by atoms with Crippen molar-refractivity contribution in [2.24, 2.45) is 0 Å². The van der Waals surface area contributed by atoms with Crippen molar-refractivity contribution in [1.82, 2.24) is 9.38 Å². The van der Waals surface area contributed by atoms with Gasteiger partial charge in [-0.05, 0) is 37.3 Å². The maximum atomic E-state index is 13.1. The Balaban J connectivity index is 1.79. The van der Waals surface area contributed by atoms with Gasteiger partial charge in [0, 0.05) is 22.5 Å². The molecule has 5 heteroatoms. The van der Waals surface area contributed by atoms with Crippen molar-refractivity contribution >= 4 is 17.4 Å². The highest BCUT2D eigenvalue weighted by atomic mass is 32.2. The minimum Gasteiger partial charge on any atom is -0.304 e. The molecule has 0 saturated heterocycles. The first kappa shape index (κ1) is 13.1. The van der Waals surface area contributed by atoms with Crippen molar-refractivity contribution in [3.63, 3.8) is 0 Å². The molecule has 2 aromatic heterocycles. The van der Waals surface area contributed by atoms with E-state index >= 15 is 0 Å². The number of nitrogens with zero attached hydrogens (tertiary/aromatic N) is 2. The molecule has 2 heterocycles.